The Morgan fingerprint density at radius 2 is 1.83 bits per heavy atom. The maximum Gasteiger partial charge on any atom is 0.122 e. The third-order valence-corrected chi connectivity index (χ3v) is 3.74. The van der Waals surface area contributed by atoms with Crippen molar-refractivity contribution < 1.29 is 4.74 Å². The first-order valence-corrected chi connectivity index (χ1v) is 7.01. The maximum absolute atomic E-state index is 5.48. The van der Waals surface area contributed by atoms with E-state index in [1.807, 2.05) is 0 Å². The summed E-state index contributed by atoms with van der Waals surface area (Å²) in [5.41, 5.74) is 3.88. The van der Waals surface area contributed by atoms with Crippen LogP contribution in [0.5, 0.6) is 5.75 Å². The fourth-order valence-corrected chi connectivity index (χ4v) is 2.77. The van der Waals surface area contributed by atoms with Gasteiger partial charge in [0.05, 0.1) is 7.11 Å². The smallest absolute Gasteiger partial charge is 0.122 e. The second-order valence-electron chi connectivity index (χ2n) is 5.27. The quantitative estimate of drug-likeness (QED) is 0.817. The molecule has 0 fully saturated rings. The van der Waals surface area contributed by atoms with Crippen molar-refractivity contribution in [3.63, 3.8) is 0 Å². The van der Waals surface area contributed by atoms with E-state index >= 15 is 0 Å². The molecule has 1 unspecified atom stereocenters. The van der Waals surface area contributed by atoms with Gasteiger partial charge in [0.1, 0.15) is 5.75 Å². The number of ether oxygens (including phenoxy) is 1. The lowest BCUT2D eigenvalue weighted by molar-refractivity contribution is 0.324. The molecule has 0 aliphatic heterocycles. The molecule has 1 aromatic carbocycles. The Bertz CT molecular complexity index is 402. The van der Waals surface area contributed by atoms with Crippen LogP contribution in [-0.4, -0.2) is 31.9 Å². The molecule has 0 heterocycles. The topological polar surface area (TPSA) is 12.5 Å². The van der Waals surface area contributed by atoms with Gasteiger partial charge in [0.15, 0.2) is 0 Å². The van der Waals surface area contributed by atoms with Gasteiger partial charge in [-0.25, -0.2) is 0 Å². The first-order chi connectivity index (χ1) is 8.42. The normalized spacial score (nSPS) is 13.2. The summed E-state index contributed by atoms with van der Waals surface area (Å²) in [4.78, 5) is 2.21. The minimum Gasteiger partial charge on any atom is -0.496 e. The van der Waals surface area contributed by atoms with E-state index in [9.17, 15) is 0 Å². The molecular formula is C15H25NOS. The van der Waals surface area contributed by atoms with Gasteiger partial charge in [0.2, 0.25) is 0 Å². The number of methoxy groups -OCH3 is 1. The molecule has 0 aliphatic carbocycles. The van der Waals surface area contributed by atoms with Gasteiger partial charge in [-0.05, 0) is 55.8 Å². The molecule has 3 heteroatoms. The Morgan fingerprint density at radius 3 is 2.22 bits per heavy atom. The SMILES string of the molecule is COc1cc(C)c(C(CS)N(C)C)cc1C(C)C. The van der Waals surface area contributed by atoms with Crippen LogP contribution in [0.15, 0.2) is 12.1 Å². The van der Waals surface area contributed by atoms with Crippen LogP contribution in [0.1, 0.15) is 42.5 Å². The summed E-state index contributed by atoms with van der Waals surface area (Å²) in [7, 11) is 5.93. The van der Waals surface area contributed by atoms with Gasteiger partial charge in [-0.15, -0.1) is 0 Å². The minimum atomic E-state index is 0.344. The van der Waals surface area contributed by atoms with Gasteiger partial charge in [-0.2, -0.15) is 12.6 Å². The molecule has 1 atom stereocenters. The van der Waals surface area contributed by atoms with E-state index in [2.05, 4.69) is 64.5 Å². The average molecular weight is 267 g/mol. The Morgan fingerprint density at radius 1 is 1.22 bits per heavy atom. The summed E-state index contributed by atoms with van der Waals surface area (Å²) < 4.78 is 5.48. The lowest BCUT2D eigenvalue weighted by atomic mass is 9.93. The number of hydrogen-bond acceptors (Lipinski definition) is 3. The van der Waals surface area contributed by atoms with Crippen molar-refractivity contribution in [3.8, 4) is 5.75 Å². The first-order valence-electron chi connectivity index (χ1n) is 6.38. The van der Waals surface area contributed by atoms with Gasteiger partial charge in [-0.3, -0.25) is 0 Å². The molecule has 1 rings (SSSR count). The highest BCUT2D eigenvalue weighted by molar-refractivity contribution is 7.80. The van der Waals surface area contributed by atoms with E-state index in [0.717, 1.165) is 11.5 Å². The van der Waals surface area contributed by atoms with Crippen LogP contribution in [0.3, 0.4) is 0 Å². The van der Waals surface area contributed by atoms with Crippen LogP contribution < -0.4 is 4.74 Å². The minimum absolute atomic E-state index is 0.344. The molecular weight excluding hydrogens is 242 g/mol. The van der Waals surface area contributed by atoms with Crippen molar-refractivity contribution in [2.75, 3.05) is 27.0 Å². The van der Waals surface area contributed by atoms with Crippen LogP contribution in [0.4, 0.5) is 0 Å². The van der Waals surface area contributed by atoms with Crippen LogP contribution in [0.25, 0.3) is 0 Å². The molecule has 1 aromatic rings. The van der Waals surface area contributed by atoms with Crippen molar-refractivity contribution in [2.24, 2.45) is 0 Å². The third-order valence-electron chi connectivity index (χ3n) is 3.40. The van der Waals surface area contributed by atoms with E-state index in [4.69, 9.17) is 4.74 Å². The zero-order valence-corrected chi connectivity index (χ0v) is 13.2. The van der Waals surface area contributed by atoms with Crippen molar-refractivity contribution in [1.82, 2.24) is 4.90 Å². The molecule has 0 amide bonds. The Labute approximate surface area is 117 Å². The summed E-state index contributed by atoms with van der Waals surface area (Å²) in [6.45, 7) is 6.53. The van der Waals surface area contributed by atoms with Crippen molar-refractivity contribution in [3.05, 3.63) is 28.8 Å². The number of hydrogen-bond donors (Lipinski definition) is 1. The highest BCUT2D eigenvalue weighted by Gasteiger charge is 2.18. The lowest BCUT2D eigenvalue weighted by Gasteiger charge is -2.26. The monoisotopic (exact) mass is 267 g/mol. The van der Waals surface area contributed by atoms with E-state index < -0.39 is 0 Å². The van der Waals surface area contributed by atoms with Crippen LogP contribution in [0.2, 0.25) is 0 Å². The van der Waals surface area contributed by atoms with Crippen molar-refractivity contribution in [1.29, 1.82) is 0 Å². The highest BCUT2D eigenvalue weighted by Crippen LogP contribution is 2.33. The number of benzene rings is 1. The average Bonchev–Trinajstić information content (AvgIpc) is 2.30. The Hall–Kier alpha value is -0.670. The van der Waals surface area contributed by atoms with Gasteiger partial charge < -0.3 is 9.64 Å². The molecule has 0 saturated carbocycles. The number of aryl methyl sites for hydroxylation is 1. The summed E-state index contributed by atoms with van der Waals surface area (Å²) >= 11 is 4.48. The van der Waals surface area contributed by atoms with E-state index in [-0.39, 0.29) is 0 Å². The van der Waals surface area contributed by atoms with Crippen molar-refractivity contribution >= 4 is 12.6 Å². The first kappa shape index (κ1) is 15.4. The summed E-state index contributed by atoms with van der Waals surface area (Å²) in [6.07, 6.45) is 0. The molecule has 102 valence electrons. The number of rotatable bonds is 5. The van der Waals surface area contributed by atoms with Gasteiger partial charge >= 0.3 is 0 Å². The predicted molar refractivity (Wildman–Crippen MR) is 82.1 cm³/mol. The summed E-state index contributed by atoms with van der Waals surface area (Å²) in [6, 6.07) is 4.77. The van der Waals surface area contributed by atoms with Crippen LogP contribution in [-0.2, 0) is 0 Å². The molecule has 0 aliphatic rings. The second kappa shape index (κ2) is 6.48. The van der Waals surface area contributed by atoms with Gasteiger partial charge in [0, 0.05) is 11.8 Å². The predicted octanol–water partition coefficient (Wildman–Crippen LogP) is 3.66. The van der Waals surface area contributed by atoms with Gasteiger partial charge in [-0.1, -0.05) is 13.8 Å². The van der Waals surface area contributed by atoms with Gasteiger partial charge in [0.25, 0.3) is 0 Å². The fraction of sp³-hybridized carbons (Fsp3) is 0.600. The maximum atomic E-state index is 5.48. The number of thiol groups is 1. The lowest BCUT2D eigenvalue weighted by Crippen LogP contribution is -2.22. The molecule has 18 heavy (non-hydrogen) atoms. The molecule has 0 N–H and O–H groups in total. The number of nitrogens with zero attached hydrogens (tertiary/aromatic N) is 1. The standard InChI is InChI=1S/C15H25NOS/c1-10(2)12-8-13(14(9-18)16(4)5)11(3)7-15(12)17-6/h7-8,10,14,18H,9H2,1-6H3. The molecule has 0 radical (unpaired) electrons. The third kappa shape index (κ3) is 3.21. The van der Waals surface area contributed by atoms with E-state index in [1.54, 1.807) is 7.11 Å². The van der Waals surface area contributed by atoms with E-state index in [1.165, 1.54) is 16.7 Å². The van der Waals surface area contributed by atoms with Crippen molar-refractivity contribution in [2.45, 2.75) is 32.7 Å². The Kier molecular flexibility index (Phi) is 5.54. The summed E-state index contributed by atoms with van der Waals surface area (Å²) in [5.74, 6) is 2.27. The molecule has 0 saturated heterocycles. The fourth-order valence-electron chi connectivity index (χ4n) is 2.24. The van der Waals surface area contributed by atoms with E-state index in [0.29, 0.717) is 12.0 Å². The van der Waals surface area contributed by atoms with Crippen LogP contribution in [0, 0.1) is 6.92 Å². The molecule has 0 aromatic heterocycles. The second-order valence-corrected chi connectivity index (χ2v) is 5.63. The highest BCUT2D eigenvalue weighted by atomic mass is 32.1. The zero-order chi connectivity index (χ0) is 13.9. The molecule has 0 bridgehead atoms. The summed E-state index contributed by atoms with van der Waals surface area (Å²) in [5, 5.41) is 0. The largest absolute Gasteiger partial charge is 0.496 e. The molecule has 2 nitrogen and oxygen atoms in total. The Balaban J connectivity index is 3.32. The zero-order valence-electron chi connectivity index (χ0n) is 12.3. The molecule has 0 spiro atoms. The van der Waals surface area contributed by atoms with Crippen LogP contribution >= 0.6 is 12.6 Å².